The highest BCUT2D eigenvalue weighted by Crippen LogP contribution is 2.31. The summed E-state index contributed by atoms with van der Waals surface area (Å²) in [4.78, 5) is 40.8. The molecule has 1 aromatic carbocycles. The zero-order valence-corrected chi connectivity index (χ0v) is 20.8. The lowest BCUT2D eigenvalue weighted by Crippen LogP contribution is -2.46. The standard InChI is InChI=1S/C25H29N5O5S/c1-34-17-11-9-15(10-12-17)21(24(32)28-16-6-3-2-4-7-16)30(14-18-8-5-13-35-18)25(33)22-19(26)20(23(27)31)29-36-22/h5,8-13,16,21H,2-4,6-7,14,26H2,1H3,(H2,27,31)(H,28,32)/t21-/m0/s1. The van der Waals surface area contributed by atoms with Gasteiger partial charge in [-0.05, 0) is 54.2 Å². The number of carbonyl (C=O) groups excluding carboxylic acids is 3. The number of hydrogen-bond donors (Lipinski definition) is 3. The molecule has 36 heavy (non-hydrogen) atoms. The SMILES string of the molecule is COc1ccc([C@@H](C(=O)NC2CCCCC2)N(Cc2ccco2)C(=O)c2snc(C(N)=O)c2N)cc1. The third-order valence-electron chi connectivity index (χ3n) is 6.27. The Kier molecular flexibility index (Phi) is 7.89. The molecule has 1 aliphatic carbocycles. The zero-order chi connectivity index (χ0) is 25.7. The number of primary amides is 1. The van der Waals surface area contributed by atoms with Crippen LogP contribution in [-0.4, -0.2) is 40.1 Å². The molecule has 3 amide bonds. The highest BCUT2D eigenvalue weighted by atomic mass is 32.1. The Bertz CT molecular complexity index is 1200. The Morgan fingerprint density at radius 2 is 1.92 bits per heavy atom. The van der Waals surface area contributed by atoms with Gasteiger partial charge in [-0.3, -0.25) is 14.4 Å². The second kappa shape index (κ2) is 11.3. The monoisotopic (exact) mass is 511 g/mol. The van der Waals surface area contributed by atoms with Crippen LogP contribution in [0.2, 0.25) is 0 Å². The van der Waals surface area contributed by atoms with E-state index in [1.807, 2.05) is 0 Å². The Morgan fingerprint density at radius 1 is 1.19 bits per heavy atom. The predicted octanol–water partition coefficient (Wildman–Crippen LogP) is 3.26. The molecule has 1 aliphatic rings. The summed E-state index contributed by atoms with van der Waals surface area (Å²) in [5.41, 5.74) is 11.7. The lowest BCUT2D eigenvalue weighted by Gasteiger charge is -2.32. The first-order valence-corrected chi connectivity index (χ1v) is 12.5. The van der Waals surface area contributed by atoms with Crippen LogP contribution in [0.4, 0.5) is 5.69 Å². The molecule has 0 unspecified atom stereocenters. The minimum atomic E-state index is -1.01. The van der Waals surface area contributed by atoms with Crippen LogP contribution in [0, 0.1) is 0 Å². The Morgan fingerprint density at radius 3 is 2.50 bits per heavy atom. The average molecular weight is 512 g/mol. The van der Waals surface area contributed by atoms with Gasteiger partial charge in [0.2, 0.25) is 5.91 Å². The highest BCUT2D eigenvalue weighted by Gasteiger charge is 2.36. The molecule has 10 nitrogen and oxygen atoms in total. The summed E-state index contributed by atoms with van der Waals surface area (Å²) in [6.07, 6.45) is 6.49. The number of nitrogens with zero attached hydrogens (tertiary/aromatic N) is 2. The van der Waals surface area contributed by atoms with Gasteiger partial charge in [-0.1, -0.05) is 31.4 Å². The van der Waals surface area contributed by atoms with Crippen LogP contribution in [0.25, 0.3) is 0 Å². The van der Waals surface area contributed by atoms with Gasteiger partial charge in [-0.2, -0.15) is 4.37 Å². The molecule has 0 bridgehead atoms. The van der Waals surface area contributed by atoms with Crippen LogP contribution in [0.3, 0.4) is 0 Å². The van der Waals surface area contributed by atoms with E-state index in [2.05, 4.69) is 9.69 Å². The molecule has 2 heterocycles. The minimum absolute atomic E-state index is 0.0101. The number of rotatable bonds is 9. The summed E-state index contributed by atoms with van der Waals surface area (Å²) in [5.74, 6) is -0.613. The molecule has 0 spiro atoms. The third-order valence-corrected chi connectivity index (χ3v) is 7.12. The summed E-state index contributed by atoms with van der Waals surface area (Å²) in [7, 11) is 1.55. The average Bonchev–Trinajstić information content (AvgIpc) is 3.54. The normalized spacial score (nSPS) is 14.7. The largest absolute Gasteiger partial charge is 0.497 e. The van der Waals surface area contributed by atoms with E-state index in [4.69, 9.17) is 20.6 Å². The highest BCUT2D eigenvalue weighted by molar-refractivity contribution is 7.09. The number of ether oxygens (including phenoxy) is 1. The van der Waals surface area contributed by atoms with Crippen molar-refractivity contribution >= 4 is 34.9 Å². The van der Waals surface area contributed by atoms with Crippen LogP contribution in [-0.2, 0) is 11.3 Å². The lowest BCUT2D eigenvalue weighted by atomic mass is 9.94. The van der Waals surface area contributed by atoms with Crippen molar-refractivity contribution in [1.29, 1.82) is 0 Å². The van der Waals surface area contributed by atoms with E-state index in [0.29, 0.717) is 17.1 Å². The van der Waals surface area contributed by atoms with E-state index in [9.17, 15) is 14.4 Å². The summed E-state index contributed by atoms with van der Waals surface area (Å²) < 4.78 is 14.7. The predicted molar refractivity (Wildman–Crippen MR) is 134 cm³/mol. The number of amides is 3. The van der Waals surface area contributed by atoms with Crippen molar-refractivity contribution in [2.75, 3.05) is 12.8 Å². The van der Waals surface area contributed by atoms with Gasteiger partial charge in [-0.25, -0.2) is 0 Å². The smallest absolute Gasteiger partial charge is 0.270 e. The van der Waals surface area contributed by atoms with Crippen molar-refractivity contribution in [3.63, 3.8) is 0 Å². The van der Waals surface area contributed by atoms with E-state index >= 15 is 0 Å². The molecule has 0 saturated heterocycles. The van der Waals surface area contributed by atoms with Crippen LogP contribution in [0.5, 0.6) is 5.75 Å². The molecular formula is C25H29N5O5S. The number of methoxy groups -OCH3 is 1. The van der Waals surface area contributed by atoms with E-state index in [1.165, 1.54) is 11.2 Å². The Balaban J connectivity index is 1.76. The fourth-order valence-corrected chi connectivity index (χ4v) is 5.16. The molecule has 1 saturated carbocycles. The maximum absolute atomic E-state index is 13.9. The van der Waals surface area contributed by atoms with Crippen molar-refractivity contribution in [2.24, 2.45) is 5.73 Å². The van der Waals surface area contributed by atoms with Crippen LogP contribution < -0.4 is 21.5 Å². The van der Waals surface area contributed by atoms with E-state index in [-0.39, 0.29) is 34.8 Å². The number of nitrogen functional groups attached to an aromatic ring is 1. The van der Waals surface area contributed by atoms with Gasteiger partial charge < -0.3 is 30.8 Å². The van der Waals surface area contributed by atoms with Crippen molar-refractivity contribution in [3.8, 4) is 5.75 Å². The number of anilines is 1. The molecule has 0 radical (unpaired) electrons. The maximum Gasteiger partial charge on any atom is 0.270 e. The third kappa shape index (κ3) is 5.51. The second-order valence-corrected chi connectivity index (χ2v) is 9.44. The molecule has 5 N–H and O–H groups in total. The molecule has 1 fully saturated rings. The Hall–Kier alpha value is -3.86. The first-order chi connectivity index (χ1) is 17.4. The van der Waals surface area contributed by atoms with Gasteiger partial charge in [0.25, 0.3) is 11.8 Å². The van der Waals surface area contributed by atoms with Crippen molar-refractivity contribution < 1.29 is 23.5 Å². The van der Waals surface area contributed by atoms with E-state index in [0.717, 1.165) is 43.6 Å². The van der Waals surface area contributed by atoms with Gasteiger partial charge in [0.15, 0.2) is 5.69 Å². The first-order valence-electron chi connectivity index (χ1n) is 11.7. The molecular weight excluding hydrogens is 482 g/mol. The first kappa shape index (κ1) is 25.2. The molecule has 4 rings (SSSR count). The maximum atomic E-state index is 13.9. The second-order valence-electron chi connectivity index (χ2n) is 8.67. The molecule has 0 aliphatic heterocycles. The zero-order valence-electron chi connectivity index (χ0n) is 19.9. The van der Waals surface area contributed by atoms with Gasteiger partial charge in [0.1, 0.15) is 22.4 Å². The molecule has 2 aromatic heterocycles. The number of hydrogen-bond acceptors (Lipinski definition) is 8. The number of aromatic nitrogens is 1. The number of furan rings is 1. The van der Waals surface area contributed by atoms with Gasteiger partial charge in [0.05, 0.1) is 25.6 Å². The molecule has 11 heteroatoms. The van der Waals surface area contributed by atoms with Gasteiger partial charge in [-0.15, -0.1) is 0 Å². The fourth-order valence-electron chi connectivity index (χ4n) is 4.40. The van der Waals surface area contributed by atoms with Gasteiger partial charge in [0, 0.05) is 6.04 Å². The molecule has 1 atom stereocenters. The van der Waals surface area contributed by atoms with Crippen LogP contribution in [0.15, 0.2) is 47.1 Å². The number of benzene rings is 1. The summed E-state index contributed by atoms with van der Waals surface area (Å²) >= 11 is 0.770. The van der Waals surface area contributed by atoms with E-state index < -0.39 is 17.9 Å². The summed E-state index contributed by atoms with van der Waals surface area (Å²) in [5, 5.41) is 3.14. The molecule has 190 valence electrons. The summed E-state index contributed by atoms with van der Waals surface area (Å²) in [6.45, 7) is -0.0101. The molecule has 3 aromatic rings. The van der Waals surface area contributed by atoms with Gasteiger partial charge >= 0.3 is 0 Å². The quantitative estimate of drug-likeness (QED) is 0.398. The van der Waals surface area contributed by atoms with Crippen molar-refractivity contribution in [1.82, 2.24) is 14.6 Å². The van der Waals surface area contributed by atoms with Crippen LogP contribution in [0.1, 0.15) is 69.6 Å². The van der Waals surface area contributed by atoms with Crippen molar-refractivity contribution in [2.45, 2.75) is 50.7 Å². The van der Waals surface area contributed by atoms with Crippen molar-refractivity contribution in [3.05, 3.63) is 64.6 Å². The fraction of sp³-hybridized carbons (Fsp3) is 0.360. The number of nitrogens with two attached hydrogens (primary N) is 2. The summed E-state index contributed by atoms with van der Waals surface area (Å²) in [6, 6.07) is 9.41. The Labute approximate surface area is 212 Å². The number of nitrogens with one attached hydrogen (secondary N) is 1. The van der Waals surface area contributed by atoms with Crippen LogP contribution >= 0.6 is 11.5 Å². The minimum Gasteiger partial charge on any atom is -0.497 e. The topological polar surface area (TPSA) is 154 Å². The number of carbonyl (C=O) groups is 3. The van der Waals surface area contributed by atoms with E-state index in [1.54, 1.807) is 43.5 Å². The lowest BCUT2D eigenvalue weighted by molar-refractivity contribution is -0.127.